The van der Waals surface area contributed by atoms with Crippen molar-refractivity contribution in [2.24, 2.45) is 5.41 Å². The second-order valence-corrected chi connectivity index (χ2v) is 7.96. The maximum atomic E-state index is 12.0. The van der Waals surface area contributed by atoms with E-state index in [0.717, 1.165) is 44.7 Å². The standard InChI is InChI=1S/C21H28N4O/c1-23-14-9-21(8-7-20(23)26)10-15-24(16-11-21)17-18-3-5-19(6-4-18)25-13-2-12-22-25/h2-6,12-13H,7-11,14-17H2,1H3. The van der Waals surface area contributed by atoms with Gasteiger partial charge in [0.05, 0.1) is 5.69 Å². The van der Waals surface area contributed by atoms with Gasteiger partial charge in [-0.3, -0.25) is 9.69 Å². The van der Waals surface area contributed by atoms with Crippen LogP contribution in [0, 0.1) is 5.41 Å². The van der Waals surface area contributed by atoms with Crippen LogP contribution < -0.4 is 0 Å². The van der Waals surface area contributed by atoms with Crippen LogP contribution in [0.25, 0.3) is 5.69 Å². The number of aromatic nitrogens is 2. The summed E-state index contributed by atoms with van der Waals surface area (Å²) in [5.74, 6) is 0.321. The molecule has 2 fully saturated rings. The number of hydrogen-bond acceptors (Lipinski definition) is 3. The average Bonchev–Trinajstić information content (AvgIpc) is 3.17. The average molecular weight is 352 g/mol. The van der Waals surface area contributed by atoms with Gasteiger partial charge in [0.15, 0.2) is 0 Å². The van der Waals surface area contributed by atoms with Crippen LogP contribution in [-0.4, -0.2) is 52.2 Å². The van der Waals surface area contributed by atoms with E-state index in [1.165, 1.54) is 24.8 Å². The van der Waals surface area contributed by atoms with Gasteiger partial charge in [-0.2, -0.15) is 5.10 Å². The zero-order chi connectivity index (χ0) is 18.0. The summed E-state index contributed by atoms with van der Waals surface area (Å²) in [6.45, 7) is 4.21. The van der Waals surface area contributed by atoms with Crippen LogP contribution in [0.3, 0.4) is 0 Å². The highest BCUT2D eigenvalue weighted by Crippen LogP contribution is 2.41. The third kappa shape index (κ3) is 3.68. The lowest BCUT2D eigenvalue weighted by molar-refractivity contribution is -0.129. The molecule has 4 rings (SSSR count). The van der Waals surface area contributed by atoms with E-state index >= 15 is 0 Å². The summed E-state index contributed by atoms with van der Waals surface area (Å²) in [4.78, 5) is 16.4. The Morgan fingerprint density at radius 1 is 1.04 bits per heavy atom. The van der Waals surface area contributed by atoms with E-state index < -0.39 is 0 Å². The highest BCUT2D eigenvalue weighted by atomic mass is 16.2. The minimum atomic E-state index is 0.321. The van der Waals surface area contributed by atoms with Crippen LogP contribution >= 0.6 is 0 Å². The molecular formula is C21H28N4O. The van der Waals surface area contributed by atoms with Gasteiger partial charge in [0.1, 0.15) is 0 Å². The summed E-state index contributed by atoms with van der Waals surface area (Å²) < 4.78 is 1.89. The van der Waals surface area contributed by atoms with E-state index in [-0.39, 0.29) is 0 Å². The summed E-state index contributed by atoms with van der Waals surface area (Å²) in [6, 6.07) is 10.6. The molecule has 26 heavy (non-hydrogen) atoms. The largest absolute Gasteiger partial charge is 0.346 e. The van der Waals surface area contributed by atoms with Crippen LogP contribution in [0.5, 0.6) is 0 Å². The Morgan fingerprint density at radius 2 is 1.77 bits per heavy atom. The van der Waals surface area contributed by atoms with Gasteiger partial charge in [-0.1, -0.05) is 12.1 Å². The Bertz CT molecular complexity index is 730. The van der Waals surface area contributed by atoms with E-state index in [1.54, 1.807) is 6.20 Å². The van der Waals surface area contributed by atoms with Crippen molar-refractivity contribution in [2.75, 3.05) is 26.7 Å². The summed E-state index contributed by atoms with van der Waals surface area (Å²) in [5.41, 5.74) is 2.84. The Hall–Kier alpha value is -2.14. The molecule has 138 valence electrons. The number of nitrogens with zero attached hydrogens (tertiary/aromatic N) is 4. The lowest BCUT2D eigenvalue weighted by Gasteiger charge is -2.41. The second kappa shape index (κ2) is 7.23. The van der Waals surface area contributed by atoms with Crippen molar-refractivity contribution >= 4 is 5.91 Å². The molecule has 0 atom stereocenters. The van der Waals surface area contributed by atoms with Crippen molar-refractivity contribution in [1.82, 2.24) is 19.6 Å². The molecule has 1 spiro atoms. The predicted octanol–water partition coefficient (Wildman–Crippen LogP) is 3.10. The topological polar surface area (TPSA) is 41.4 Å². The van der Waals surface area contributed by atoms with Crippen molar-refractivity contribution in [1.29, 1.82) is 0 Å². The number of carbonyl (C=O) groups is 1. The van der Waals surface area contributed by atoms with Crippen molar-refractivity contribution in [3.8, 4) is 5.69 Å². The molecule has 1 amide bonds. The molecule has 1 aromatic heterocycles. The number of likely N-dealkylation sites (tertiary alicyclic amines) is 2. The van der Waals surface area contributed by atoms with Crippen molar-refractivity contribution < 1.29 is 4.79 Å². The maximum absolute atomic E-state index is 12.0. The third-order valence-corrected chi connectivity index (χ3v) is 6.30. The van der Waals surface area contributed by atoms with Gasteiger partial charge in [-0.25, -0.2) is 4.68 Å². The van der Waals surface area contributed by atoms with E-state index in [1.807, 2.05) is 28.9 Å². The number of amides is 1. The lowest BCUT2D eigenvalue weighted by atomic mass is 9.73. The zero-order valence-electron chi connectivity index (χ0n) is 15.6. The fourth-order valence-corrected chi connectivity index (χ4v) is 4.34. The minimum Gasteiger partial charge on any atom is -0.346 e. The van der Waals surface area contributed by atoms with Crippen LogP contribution in [-0.2, 0) is 11.3 Å². The minimum absolute atomic E-state index is 0.321. The molecule has 2 aliphatic heterocycles. The third-order valence-electron chi connectivity index (χ3n) is 6.30. The van der Waals surface area contributed by atoms with E-state index in [4.69, 9.17) is 0 Å². The van der Waals surface area contributed by atoms with Crippen LogP contribution in [0.1, 0.15) is 37.7 Å². The fourth-order valence-electron chi connectivity index (χ4n) is 4.34. The highest BCUT2D eigenvalue weighted by molar-refractivity contribution is 5.76. The summed E-state index contributed by atoms with van der Waals surface area (Å²) >= 11 is 0. The lowest BCUT2D eigenvalue weighted by Crippen LogP contribution is -2.40. The second-order valence-electron chi connectivity index (χ2n) is 7.96. The highest BCUT2D eigenvalue weighted by Gasteiger charge is 2.37. The SMILES string of the molecule is CN1CCC2(CCC1=O)CCN(Cc1ccc(-n3cccn3)cc1)CC2. The zero-order valence-corrected chi connectivity index (χ0v) is 15.6. The van der Waals surface area contributed by atoms with Crippen molar-refractivity contribution in [3.63, 3.8) is 0 Å². The summed E-state index contributed by atoms with van der Waals surface area (Å²) in [5, 5.41) is 4.28. The van der Waals surface area contributed by atoms with E-state index in [2.05, 4.69) is 34.3 Å². The number of piperidine rings is 1. The molecule has 5 heteroatoms. The Kier molecular flexibility index (Phi) is 4.81. The van der Waals surface area contributed by atoms with Crippen LogP contribution in [0.15, 0.2) is 42.7 Å². The molecule has 0 radical (unpaired) electrons. The Balaban J connectivity index is 1.33. The smallest absolute Gasteiger partial charge is 0.222 e. The summed E-state index contributed by atoms with van der Waals surface area (Å²) in [6.07, 6.45) is 9.18. The van der Waals surface area contributed by atoms with Gasteiger partial charge < -0.3 is 4.90 Å². The molecule has 2 saturated heterocycles. The number of carbonyl (C=O) groups excluding carboxylic acids is 1. The van der Waals surface area contributed by atoms with Gasteiger partial charge >= 0.3 is 0 Å². The first kappa shape index (κ1) is 17.3. The molecule has 5 nitrogen and oxygen atoms in total. The predicted molar refractivity (Wildman–Crippen MR) is 102 cm³/mol. The first-order chi connectivity index (χ1) is 12.6. The molecule has 3 heterocycles. The van der Waals surface area contributed by atoms with Gasteiger partial charge in [0, 0.05) is 39.0 Å². The van der Waals surface area contributed by atoms with Crippen molar-refractivity contribution in [3.05, 3.63) is 48.3 Å². The van der Waals surface area contributed by atoms with Gasteiger partial charge in [-0.05, 0) is 68.0 Å². The molecule has 2 aliphatic rings. The quantitative estimate of drug-likeness (QED) is 0.852. The number of rotatable bonds is 3. The maximum Gasteiger partial charge on any atom is 0.222 e. The van der Waals surface area contributed by atoms with E-state index in [9.17, 15) is 4.79 Å². The molecular weight excluding hydrogens is 324 g/mol. The monoisotopic (exact) mass is 352 g/mol. The van der Waals surface area contributed by atoms with Gasteiger partial charge in [-0.15, -0.1) is 0 Å². The van der Waals surface area contributed by atoms with Crippen LogP contribution in [0.4, 0.5) is 0 Å². The van der Waals surface area contributed by atoms with Crippen LogP contribution in [0.2, 0.25) is 0 Å². The first-order valence-electron chi connectivity index (χ1n) is 9.69. The molecule has 1 aromatic carbocycles. The molecule has 0 saturated carbocycles. The van der Waals surface area contributed by atoms with Crippen molar-refractivity contribution in [2.45, 2.75) is 38.6 Å². The summed E-state index contributed by atoms with van der Waals surface area (Å²) in [7, 11) is 1.95. The number of benzene rings is 1. The normalized spacial score (nSPS) is 21.1. The first-order valence-corrected chi connectivity index (χ1v) is 9.69. The molecule has 2 aromatic rings. The molecule has 0 bridgehead atoms. The Labute approximate surface area is 155 Å². The fraction of sp³-hybridized carbons (Fsp3) is 0.524. The molecule has 0 unspecified atom stereocenters. The Morgan fingerprint density at radius 3 is 2.46 bits per heavy atom. The van der Waals surface area contributed by atoms with Gasteiger partial charge in [0.25, 0.3) is 0 Å². The molecule has 0 aliphatic carbocycles. The molecule has 0 N–H and O–H groups in total. The van der Waals surface area contributed by atoms with E-state index in [0.29, 0.717) is 11.3 Å². The number of hydrogen-bond donors (Lipinski definition) is 0. The van der Waals surface area contributed by atoms with Gasteiger partial charge in [0.2, 0.25) is 5.91 Å².